The maximum Gasteiger partial charge on any atom is 0.0565 e. The van der Waals surface area contributed by atoms with Crippen LogP contribution in [0.2, 0.25) is 0 Å². The van der Waals surface area contributed by atoms with Crippen molar-refractivity contribution in [1.82, 2.24) is 4.90 Å². The molecule has 2 rings (SSSR count). The largest absolute Gasteiger partial charge is 0.373 e. The number of hydrogen-bond donors (Lipinski definition) is 1. The highest BCUT2D eigenvalue weighted by molar-refractivity contribution is 5.33. The molecule has 0 amide bonds. The molecule has 0 spiro atoms. The van der Waals surface area contributed by atoms with Crippen molar-refractivity contribution in [3.63, 3.8) is 0 Å². The lowest BCUT2D eigenvalue weighted by molar-refractivity contribution is 0.379. The van der Waals surface area contributed by atoms with E-state index in [1.165, 1.54) is 5.57 Å². The minimum Gasteiger partial charge on any atom is -0.373 e. The van der Waals surface area contributed by atoms with Gasteiger partial charge in [0.1, 0.15) is 0 Å². The van der Waals surface area contributed by atoms with Gasteiger partial charge in [0.2, 0.25) is 0 Å². The second-order valence-corrected chi connectivity index (χ2v) is 3.38. The summed E-state index contributed by atoms with van der Waals surface area (Å²) in [6.07, 6.45) is 11.0. The zero-order valence-electron chi connectivity index (χ0n) is 7.27. The van der Waals surface area contributed by atoms with Crippen molar-refractivity contribution in [1.29, 1.82) is 0 Å². The monoisotopic (exact) mass is 162 g/mol. The molecule has 0 saturated heterocycles. The molecular weight excluding hydrogens is 148 g/mol. The summed E-state index contributed by atoms with van der Waals surface area (Å²) in [6, 6.07) is 0.528. The van der Waals surface area contributed by atoms with Gasteiger partial charge in [-0.15, -0.1) is 0 Å². The van der Waals surface area contributed by atoms with Crippen molar-refractivity contribution in [2.45, 2.75) is 6.04 Å². The summed E-state index contributed by atoms with van der Waals surface area (Å²) in [6.45, 7) is 0.650. The molecule has 2 unspecified atom stereocenters. The molecular formula is C10H14N2. The van der Waals surface area contributed by atoms with Crippen LogP contribution in [0.4, 0.5) is 0 Å². The first-order valence-electron chi connectivity index (χ1n) is 4.30. The molecule has 2 N–H and O–H groups in total. The number of hydrogen-bond acceptors (Lipinski definition) is 2. The van der Waals surface area contributed by atoms with E-state index in [1.54, 1.807) is 0 Å². The lowest BCUT2D eigenvalue weighted by Crippen LogP contribution is -2.28. The third-order valence-corrected chi connectivity index (χ3v) is 2.56. The molecule has 1 aliphatic heterocycles. The van der Waals surface area contributed by atoms with Gasteiger partial charge >= 0.3 is 0 Å². The first-order chi connectivity index (χ1) is 5.81. The Balaban J connectivity index is 2.20. The van der Waals surface area contributed by atoms with Crippen LogP contribution in [0.15, 0.2) is 36.1 Å². The van der Waals surface area contributed by atoms with Crippen molar-refractivity contribution in [2.24, 2.45) is 11.7 Å². The van der Waals surface area contributed by atoms with E-state index >= 15 is 0 Å². The number of nitrogens with zero attached hydrogens (tertiary/aromatic N) is 1. The van der Waals surface area contributed by atoms with Crippen molar-refractivity contribution < 1.29 is 0 Å². The minimum atomic E-state index is 0.528. The molecule has 12 heavy (non-hydrogen) atoms. The average molecular weight is 162 g/mol. The summed E-state index contributed by atoms with van der Waals surface area (Å²) >= 11 is 0. The normalized spacial score (nSPS) is 32.2. The highest BCUT2D eigenvalue weighted by Gasteiger charge is 2.24. The Bertz CT molecular complexity index is 263. The minimum absolute atomic E-state index is 0.528. The van der Waals surface area contributed by atoms with Gasteiger partial charge in [-0.25, -0.2) is 0 Å². The van der Waals surface area contributed by atoms with E-state index in [9.17, 15) is 0 Å². The lowest BCUT2D eigenvalue weighted by atomic mass is 9.93. The van der Waals surface area contributed by atoms with Gasteiger partial charge < -0.3 is 10.6 Å². The molecule has 64 valence electrons. The molecule has 2 aliphatic rings. The van der Waals surface area contributed by atoms with E-state index in [0.717, 1.165) is 0 Å². The summed E-state index contributed by atoms with van der Waals surface area (Å²) in [4.78, 5) is 2.23. The van der Waals surface area contributed by atoms with Gasteiger partial charge in [-0.3, -0.25) is 0 Å². The second-order valence-electron chi connectivity index (χ2n) is 3.38. The van der Waals surface area contributed by atoms with Crippen LogP contribution in [0.3, 0.4) is 0 Å². The van der Waals surface area contributed by atoms with Crippen LogP contribution in [0.5, 0.6) is 0 Å². The molecule has 1 aliphatic carbocycles. The van der Waals surface area contributed by atoms with Gasteiger partial charge in [-0.1, -0.05) is 24.3 Å². The average Bonchev–Trinajstić information content (AvgIpc) is 2.47. The van der Waals surface area contributed by atoms with Crippen LogP contribution < -0.4 is 5.73 Å². The molecule has 0 radical (unpaired) electrons. The fourth-order valence-electron chi connectivity index (χ4n) is 1.80. The van der Waals surface area contributed by atoms with Crippen molar-refractivity contribution in [2.75, 3.05) is 13.6 Å². The van der Waals surface area contributed by atoms with Gasteiger partial charge in [-0.2, -0.15) is 0 Å². The van der Waals surface area contributed by atoms with Crippen LogP contribution in [-0.4, -0.2) is 24.5 Å². The standard InChI is InChI=1S/C10H14N2/c1-12-5-4-9-6-8(7-11)2-3-10(9)12/h2-6,9-10H,7,11H2,1H3. The SMILES string of the molecule is CN1C=CC2C=C(CN)C=CC21. The van der Waals surface area contributed by atoms with Crippen molar-refractivity contribution in [3.05, 3.63) is 36.1 Å². The molecule has 2 atom stereocenters. The number of likely N-dealkylation sites (N-methyl/N-ethyl adjacent to an activating group) is 1. The summed E-state index contributed by atoms with van der Waals surface area (Å²) in [7, 11) is 2.10. The summed E-state index contributed by atoms with van der Waals surface area (Å²) in [5, 5.41) is 0. The Morgan fingerprint density at radius 3 is 3.08 bits per heavy atom. The van der Waals surface area contributed by atoms with Gasteiger partial charge in [0.25, 0.3) is 0 Å². The van der Waals surface area contributed by atoms with Gasteiger partial charge in [-0.05, 0) is 11.8 Å². The number of nitrogens with two attached hydrogens (primary N) is 1. The Hall–Kier alpha value is -1.02. The molecule has 0 saturated carbocycles. The first kappa shape index (κ1) is 7.62. The highest BCUT2D eigenvalue weighted by Crippen LogP contribution is 2.26. The zero-order valence-corrected chi connectivity index (χ0v) is 7.27. The van der Waals surface area contributed by atoms with Crippen LogP contribution >= 0.6 is 0 Å². The van der Waals surface area contributed by atoms with E-state index in [0.29, 0.717) is 18.5 Å². The maximum absolute atomic E-state index is 5.56. The van der Waals surface area contributed by atoms with Crippen molar-refractivity contribution >= 4 is 0 Å². The third kappa shape index (κ3) is 1.08. The summed E-state index contributed by atoms with van der Waals surface area (Å²) in [5.74, 6) is 0.540. The molecule has 0 fully saturated rings. The number of rotatable bonds is 1. The molecule has 0 aromatic heterocycles. The van der Waals surface area contributed by atoms with Crippen LogP contribution in [0.1, 0.15) is 0 Å². The Kier molecular flexibility index (Phi) is 1.77. The smallest absolute Gasteiger partial charge is 0.0565 e. The van der Waals surface area contributed by atoms with Gasteiger partial charge in [0, 0.05) is 19.5 Å². The van der Waals surface area contributed by atoms with Crippen LogP contribution in [0.25, 0.3) is 0 Å². The maximum atomic E-state index is 5.56. The number of fused-ring (bicyclic) bond motifs is 1. The van der Waals surface area contributed by atoms with Crippen molar-refractivity contribution in [3.8, 4) is 0 Å². The Morgan fingerprint density at radius 2 is 2.33 bits per heavy atom. The van der Waals surface area contributed by atoms with E-state index in [4.69, 9.17) is 5.73 Å². The van der Waals surface area contributed by atoms with Gasteiger partial charge in [0.15, 0.2) is 0 Å². The molecule has 2 nitrogen and oxygen atoms in total. The second kappa shape index (κ2) is 2.79. The van der Waals surface area contributed by atoms with E-state index in [-0.39, 0.29) is 0 Å². The van der Waals surface area contributed by atoms with E-state index in [2.05, 4.69) is 42.5 Å². The molecule has 1 heterocycles. The van der Waals surface area contributed by atoms with Crippen LogP contribution in [-0.2, 0) is 0 Å². The topological polar surface area (TPSA) is 29.3 Å². The first-order valence-corrected chi connectivity index (χ1v) is 4.30. The fourth-order valence-corrected chi connectivity index (χ4v) is 1.80. The summed E-state index contributed by atoms with van der Waals surface area (Å²) < 4.78 is 0. The Morgan fingerprint density at radius 1 is 1.50 bits per heavy atom. The molecule has 2 heteroatoms. The van der Waals surface area contributed by atoms with E-state index < -0.39 is 0 Å². The predicted octanol–water partition coefficient (Wildman–Crippen LogP) is 0.885. The predicted molar refractivity (Wildman–Crippen MR) is 50.5 cm³/mol. The lowest BCUT2D eigenvalue weighted by Gasteiger charge is -2.24. The third-order valence-electron chi connectivity index (χ3n) is 2.56. The molecule has 0 aromatic carbocycles. The Labute approximate surface area is 73.0 Å². The summed E-state index contributed by atoms with van der Waals surface area (Å²) in [5.41, 5.74) is 6.81. The molecule has 0 bridgehead atoms. The highest BCUT2D eigenvalue weighted by atomic mass is 15.1. The van der Waals surface area contributed by atoms with E-state index in [1.807, 2.05) is 0 Å². The van der Waals surface area contributed by atoms with Gasteiger partial charge in [0.05, 0.1) is 6.04 Å². The molecule has 0 aromatic rings. The zero-order chi connectivity index (χ0) is 8.55. The fraction of sp³-hybridized carbons (Fsp3) is 0.400. The van der Waals surface area contributed by atoms with Crippen LogP contribution in [0, 0.1) is 5.92 Å². The quantitative estimate of drug-likeness (QED) is 0.620.